The predicted molar refractivity (Wildman–Crippen MR) is 122 cm³/mol. The second-order valence-electron chi connectivity index (χ2n) is 8.60. The molecule has 2 aromatic heterocycles. The average molecular weight is 419 g/mol. The van der Waals surface area contributed by atoms with Crippen LogP contribution >= 0.6 is 0 Å². The van der Waals surface area contributed by atoms with Crippen LogP contribution in [0.25, 0.3) is 11.1 Å². The van der Waals surface area contributed by atoms with Crippen molar-refractivity contribution in [3.8, 4) is 16.9 Å². The lowest BCUT2D eigenvalue weighted by molar-refractivity contribution is 0.0700. The van der Waals surface area contributed by atoms with Crippen molar-refractivity contribution >= 4 is 5.91 Å². The first-order valence-electron chi connectivity index (χ1n) is 10.9. The summed E-state index contributed by atoms with van der Waals surface area (Å²) in [5.74, 6) is 1.38. The highest BCUT2D eigenvalue weighted by atomic mass is 16.5. The van der Waals surface area contributed by atoms with Crippen LogP contribution < -0.4 is 4.74 Å². The molecule has 0 saturated carbocycles. The molecule has 162 valence electrons. The number of nitrogens with one attached hydrogen (secondary N) is 1. The maximum absolute atomic E-state index is 13.0. The van der Waals surface area contributed by atoms with Gasteiger partial charge in [-0.3, -0.25) is 14.9 Å². The number of ether oxygens (including phenoxy) is 1. The van der Waals surface area contributed by atoms with Gasteiger partial charge in [-0.05, 0) is 67.1 Å². The number of aromatic nitrogens is 3. The first-order valence-corrected chi connectivity index (χ1v) is 10.9. The number of carbonyl (C=O) groups excluding carboxylic acids is 1. The van der Waals surface area contributed by atoms with Gasteiger partial charge in [-0.15, -0.1) is 0 Å². The lowest BCUT2D eigenvalue weighted by Crippen LogP contribution is -2.39. The Bertz CT molecular complexity index is 1060. The van der Waals surface area contributed by atoms with Crippen molar-refractivity contribution in [1.29, 1.82) is 0 Å². The predicted octanol–water partition coefficient (Wildman–Crippen LogP) is 4.93. The molecule has 31 heavy (non-hydrogen) atoms. The Morgan fingerprint density at radius 1 is 1.16 bits per heavy atom. The molecule has 1 saturated heterocycles. The third-order valence-corrected chi connectivity index (χ3v) is 5.96. The summed E-state index contributed by atoms with van der Waals surface area (Å²) in [7, 11) is 1.67. The molecule has 1 aliphatic rings. The van der Waals surface area contributed by atoms with Crippen molar-refractivity contribution in [1.82, 2.24) is 20.1 Å². The maximum atomic E-state index is 13.0. The van der Waals surface area contributed by atoms with Gasteiger partial charge in [-0.25, -0.2) is 0 Å². The highest BCUT2D eigenvalue weighted by molar-refractivity contribution is 5.92. The monoisotopic (exact) mass is 418 g/mol. The number of methoxy groups -OCH3 is 1. The van der Waals surface area contributed by atoms with E-state index in [1.165, 1.54) is 0 Å². The summed E-state index contributed by atoms with van der Waals surface area (Å²) in [6, 6.07) is 14.2. The number of H-pyrrole nitrogens is 1. The molecule has 3 heterocycles. The Morgan fingerprint density at radius 3 is 2.61 bits per heavy atom. The van der Waals surface area contributed by atoms with Gasteiger partial charge in [0.25, 0.3) is 5.91 Å². The highest BCUT2D eigenvalue weighted by Gasteiger charge is 2.28. The lowest BCUT2D eigenvalue weighted by atomic mass is 9.92. The van der Waals surface area contributed by atoms with Gasteiger partial charge in [-0.1, -0.05) is 26.0 Å². The molecular formula is C25H30N4O2. The molecule has 1 N–H and O–H groups in total. The van der Waals surface area contributed by atoms with Crippen molar-refractivity contribution in [2.75, 3.05) is 20.2 Å². The van der Waals surface area contributed by atoms with Crippen LogP contribution in [0.1, 0.15) is 66.1 Å². The number of benzene rings is 1. The minimum Gasteiger partial charge on any atom is -0.497 e. The SMILES string of the molecule is COc1ccc(-c2cc(C)nc([C@H]3CCCN(C(=O)c4cc(C(C)C)[nH]n4)C3)c2)cc1. The third-order valence-electron chi connectivity index (χ3n) is 5.96. The molecule has 1 amide bonds. The molecule has 1 fully saturated rings. The van der Waals surface area contributed by atoms with Crippen LogP contribution in [0, 0.1) is 6.92 Å². The van der Waals surface area contributed by atoms with Gasteiger partial charge in [0.2, 0.25) is 0 Å². The summed E-state index contributed by atoms with van der Waals surface area (Å²) in [5.41, 5.74) is 5.80. The Labute approximate surface area is 183 Å². The summed E-state index contributed by atoms with van der Waals surface area (Å²) in [5, 5.41) is 7.24. The Kier molecular flexibility index (Phi) is 6.07. The van der Waals surface area contributed by atoms with E-state index in [0.29, 0.717) is 18.2 Å². The molecule has 1 atom stereocenters. The van der Waals surface area contributed by atoms with Crippen LogP contribution in [0.4, 0.5) is 0 Å². The van der Waals surface area contributed by atoms with Crippen molar-refractivity contribution in [3.63, 3.8) is 0 Å². The van der Waals surface area contributed by atoms with Crippen molar-refractivity contribution < 1.29 is 9.53 Å². The number of aryl methyl sites for hydroxylation is 1. The molecule has 3 aromatic rings. The quantitative estimate of drug-likeness (QED) is 0.638. The van der Waals surface area contributed by atoms with Crippen LogP contribution in [0.2, 0.25) is 0 Å². The summed E-state index contributed by atoms with van der Waals surface area (Å²) in [6.45, 7) is 7.63. The van der Waals surface area contributed by atoms with Gasteiger partial charge in [0, 0.05) is 36.1 Å². The first kappa shape index (κ1) is 21.1. The molecule has 6 nitrogen and oxygen atoms in total. The number of piperidine rings is 1. The van der Waals surface area contributed by atoms with Gasteiger partial charge >= 0.3 is 0 Å². The van der Waals surface area contributed by atoms with Crippen LogP contribution in [0.3, 0.4) is 0 Å². The Morgan fingerprint density at radius 2 is 1.94 bits per heavy atom. The van der Waals surface area contributed by atoms with Gasteiger partial charge in [0.05, 0.1) is 7.11 Å². The van der Waals surface area contributed by atoms with Gasteiger partial charge in [0.15, 0.2) is 0 Å². The molecule has 0 unspecified atom stereocenters. The zero-order chi connectivity index (χ0) is 22.0. The van der Waals surface area contributed by atoms with E-state index in [1.807, 2.05) is 30.0 Å². The number of pyridine rings is 1. The topological polar surface area (TPSA) is 71.1 Å². The molecule has 0 radical (unpaired) electrons. The third kappa shape index (κ3) is 4.63. The molecule has 6 heteroatoms. The summed E-state index contributed by atoms with van der Waals surface area (Å²) in [6.07, 6.45) is 1.99. The standard InChI is InChI=1S/C25H30N4O2/c1-16(2)22-14-24(28-27-22)25(30)29-11-5-6-19(15-29)23-13-20(12-17(3)26-23)18-7-9-21(31-4)10-8-18/h7-10,12-14,16,19H,5-6,11,15H2,1-4H3,(H,27,28)/t19-/m0/s1. The van der Waals surface area contributed by atoms with Crippen LogP contribution in [0.5, 0.6) is 5.75 Å². The fraction of sp³-hybridized carbons (Fsp3) is 0.400. The van der Waals surface area contributed by atoms with Gasteiger partial charge in [0.1, 0.15) is 11.4 Å². The zero-order valence-electron chi connectivity index (χ0n) is 18.7. The molecule has 0 spiro atoms. The number of hydrogen-bond donors (Lipinski definition) is 1. The van der Waals surface area contributed by atoms with E-state index in [2.05, 4.69) is 48.3 Å². The maximum Gasteiger partial charge on any atom is 0.274 e. The number of carbonyl (C=O) groups is 1. The van der Waals surface area contributed by atoms with Crippen molar-refractivity contribution in [3.05, 3.63) is 65.2 Å². The van der Waals surface area contributed by atoms with E-state index >= 15 is 0 Å². The molecule has 1 aliphatic heterocycles. The van der Waals surface area contributed by atoms with Crippen LogP contribution in [-0.2, 0) is 0 Å². The molecular weight excluding hydrogens is 388 g/mol. The largest absolute Gasteiger partial charge is 0.497 e. The summed E-state index contributed by atoms with van der Waals surface area (Å²) >= 11 is 0. The van der Waals surface area contributed by atoms with Crippen molar-refractivity contribution in [2.45, 2.75) is 45.4 Å². The minimum absolute atomic E-state index is 0.00381. The number of nitrogens with zero attached hydrogens (tertiary/aromatic N) is 3. The number of hydrogen-bond acceptors (Lipinski definition) is 4. The second-order valence-corrected chi connectivity index (χ2v) is 8.60. The average Bonchev–Trinajstić information content (AvgIpc) is 3.29. The number of rotatable bonds is 5. The zero-order valence-corrected chi connectivity index (χ0v) is 18.7. The number of amides is 1. The molecule has 1 aromatic carbocycles. The lowest BCUT2D eigenvalue weighted by Gasteiger charge is -2.32. The van der Waals surface area contributed by atoms with E-state index in [-0.39, 0.29) is 11.8 Å². The highest BCUT2D eigenvalue weighted by Crippen LogP contribution is 2.31. The molecule has 0 bridgehead atoms. The normalized spacial score (nSPS) is 16.5. The Hall–Kier alpha value is -3.15. The minimum atomic E-state index is -0.00381. The fourth-order valence-corrected chi connectivity index (χ4v) is 4.16. The van der Waals surface area contributed by atoms with E-state index in [0.717, 1.165) is 53.3 Å². The fourth-order valence-electron chi connectivity index (χ4n) is 4.16. The van der Waals surface area contributed by atoms with E-state index in [1.54, 1.807) is 7.11 Å². The van der Waals surface area contributed by atoms with Crippen LogP contribution in [-0.4, -0.2) is 46.2 Å². The smallest absolute Gasteiger partial charge is 0.274 e. The van der Waals surface area contributed by atoms with Gasteiger partial charge in [-0.2, -0.15) is 5.10 Å². The van der Waals surface area contributed by atoms with Crippen LogP contribution in [0.15, 0.2) is 42.5 Å². The van der Waals surface area contributed by atoms with E-state index in [9.17, 15) is 4.79 Å². The first-order chi connectivity index (χ1) is 14.9. The van der Waals surface area contributed by atoms with E-state index in [4.69, 9.17) is 9.72 Å². The molecule has 4 rings (SSSR count). The molecule has 0 aliphatic carbocycles. The van der Waals surface area contributed by atoms with Gasteiger partial charge < -0.3 is 9.64 Å². The van der Waals surface area contributed by atoms with Crippen molar-refractivity contribution in [2.24, 2.45) is 0 Å². The number of aromatic amines is 1. The van der Waals surface area contributed by atoms with E-state index < -0.39 is 0 Å². The number of likely N-dealkylation sites (tertiary alicyclic amines) is 1. The summed E-state index contributed by atoms with van der Waals surface area (Å²) in [4.78, 5) is 19.8. The Balaban J connectivity index is 1.54. The summed E-state index contributed by atoms with van der Waals surface area (Å²) < 4.78 is 5.28. The second kappa shape index (κ2) is 8.92.